The smallest absolute Gasteiger partial charge is 0.240 e. The summed E-state index contributed by atoms with van der Waals surface area (Å²) < 4.78 is 40.3. The van der Waals surface area contributed by atoms with Crippen molar-refractivity contribution in [2.45, 2.75) is 38.7 Å². The van der Waals surface area contributed by atoms with Crippen LogP contribution >= 0.6 is 11.6 Å². The predicted octanol–water partition coefficient (Wildman–Crippen LogP) is 2.69. The molecule has 1 aromatic rings. The van der Waals surface area contributed by atoms with E-state index in [0.717, 1.165) is 12.5 Å². The first-order chi connectivity index (χ1) is 9.13. The maximum Gasteiger partial charge on any atom is 0.240 e. The van der Waals surface area contributed by atoms with Crippen LogP contribution in [0.4, 0.5) is 4.39 Å². The maximum absolute atomic E-state index is 13.6. The quantitative estimate of drug-likeness (QED) is 0.846. The summed E-state index contributed by atoms with van der Waals surface area (Å²) >= 11 is 5.64. The molecule has 1 rings (SSSR count). The van der Waals surface area contributed by atoms with Gasteiger partial charge in [0.15, 0.2) is 0 Å². The molecule has 0 aliphatic rings. The van der Waals surface area contributed by atoms with E-state index in [4.69, 9.17) is 16.7 Å². The molecule has 0 aliphatic carbocycles. The minimum Gasteiger partial charge on any atom is -0.392 e. The Balaban J connectivity index is 3.07. The summed E-state index contributed by atoms with van der Waals surface area (Å²) in [6.07, 6.45) is 0.798. The van der Waals surface area contributed by atoms with Crippen molar-refractivity contribution in [3.63, 3.8) is 0 Å². The van der Waals surface area contributed by atoms with E-state index >= 15 is 0 Å². The summed E-state index contributed by atoms with van der Waals surface area (Å²) in [5.74, 6) is -0.867. The third-order valence-corrected chi connectivity index (χ3v) is 5.06. The van der Waals surface area contributed by atoms with Gasteiger partial charge in [-0.05, 0) is 24.0 Å². The average Bonchev–Trinajstić information content (AvgIpc) is 2.39. The van der Waals surface area contributed by atoms with E-state index in [0.29, 0.717) is 0 Å². The van der Waals surface area contributed by atoms with Crippen LogP contribution in [-0.2, 0) is 16.6 Å². The largest absolute Gasteiger partial charge is 0.392 e. The molecule has 0 radical (unpaired) electrons. The molecule has 7 heteroatoms. The van der Waals surface area contributed by atoms with Crippen LogP contribution in [0.5, 0.6) is 0 Å². The van der Waals surface area contributed by atoms with Crippen LogP contribution in [-0.4, -0.2) is 20.1 Å². The van der Waals surface area contributed by atoms with E-state index in [9.17, 15) is 12.8 Å². The van der Waals surface area contributed by atoms with E-state index in [2.05, 4.69) is 4.72 Å². The van der Waals surface area contributed by atoms with Gasteiger partial charge in [0, 0.05) is 12.1 Å². The van der Waals surface area contributed by atoms with Gasteiger partial charge in [-0.15, -0.1) is 0 Å². The van der Waals surface area contributed by atoms with Gasteiger partial charge in [-0.3, -0.25) is 0 Å². The molecule has 0 amide bonds. The summed E-state index contributed by atoms with van der Waals surface area (Å²) in [7, 11) is -3.84. The molecule has 0 fully saturated rings. The third-order valence-electron chi connectivity index (χ3n) is 3.26. The number of nitrogens with one attached hydrogen (secondary N) is 1. The van der Waals surface area contributed by atoms with Crippen LogP contribution in [0.1, 0.15) is 32.8 Å². The number of hydrogen-bond donors (Lipinski definition) is 2. The van der Waals surface area contributed by atoms with Gasteiger partial charge >= 0.3 is 0 Å². The number of halogens is 2. The first kappa shape index (κ1) is 17.4. The molecular weight excluding hydrogens is 305 g/mol. The molecule has 0 atom stereocenters. The zero-order valence-corrected chi connectivity index (χ0v) is 13.3. The maximum atomic E-state index is 13.6. The van der Waals surface area contributed by atoms with Crippen molar-refractivity contribution in [2.24, 2.45) is 5.41 Å². The van der Waals surface area contributed by atoms with E-state index in [1.54, 1.807) is 0 Å². The van der Waals surface area contributed by atoms with Crippen molar-refractivity contribution in [2.75, 3.05) is 6.54 Å². The lowest BCUT2D eigenvalue weighted by molar-refractivity contribution is 0.281. The Morgan fingerprint density at radius 2 is 2.00 bits per heavy atom. The monoisotopic (exact) mass is 323 g/mol. The fourth-order valence-electron chi connectivity index (χ4n) is 1.39. The number of hydrogen-bond acceptors (Lipinski definition) is 3. The van der Waals surface area contributed by atoms with Gasteiger partial charge in [0.1, 0.15) is 5.82 Å². The minimum atomic E-state index is -3.84. The summed E-state index contributed by atoms with van der Waals surface area (Å²) in [4.78, 5) is -0.240. The molecule has 114 valence electrons. The molecule has 4 nitrogen and oxygen atoms in total. The second-order valence-corrected chi connectivity index (χ2v) is 7.52. The molecule has 0 saturated carbocycles. The van der Waals surface area contributed by atoms with Crippen LogP contribution in [0.2, 0.25) is 5.02 Å². The molecule has 0 bridgehead atoms. The zero-order valence-electron chi connectivity index (χ0n) is 11.7. The third kappa shape index (κ3) is 4.15. The van der Waals surface area contributed by atoms with Gasteiger partial charge in [-0.2, -0.15) is 0 Å². The average molecular weight is 324 g/mol. The highest BCUT2D eigenvalue weighted by Crippen LogP contribution is 2.25. The Morgan fingerprint density at radius 1 is 1.40 bits per heavy atom. The molecule has 20 heavy (non-hydrogen) atoms. The lowest BCUT2D eigenvalue weighted by Crippen LogP contribution is -2.33. The molecule has 0 unspecified atom stereocenters. The Kier molecular flexibility index (Phi) is 5.54. The first-order valence-corrected chi connectivity index (χ1v) is 8.07. The van der Waals surface area contributed by atoms with Gasteiger partial charge in [-0.1, -0.05) is 32.4 Å². The number of benzene rings is 1. The number of rotatable bonds is 6. The molecule has 0 aliphatic heterocycles. The normalized spacial score (nSPS) is 12.7. The second kappa shape index (κ2) is 6.39. The first-order valence-electron chi connectivity index (χ1n) is 6.21. The lowest BCUT2D eigenvalue weighted by atomic mass is 9.91. The molecule has 0 saturated heterocycles. The Labute approximate surface area is 124 Å². The standard InChI is InChI=1S/C13H19ClFNO3S/c1-4-13(2,3)8-16-20(18,19)10-5-9(7-17)12(14)11(15)6-10/h5-6,16-17H,4,7-8H2,1-3H3. The van der Waals surface area contributed by atoms with E-state index in [-0.39, 0.29) is 27.4 Å². The molecule has 0 spiro atoms. The molecular formula is C13H19ClFNO3S. The Hall–Kier alpha value is -0.690. The van der Waals surface area contributed by atoms with Crippen molar-refractivity contribution in [1.82, 2.24) is 4.72 Å². The highest BCUT2D eigenvalue weighted by molar-refractivity contribution is 7.89. The number of aliphatic hydroxyl groups excluding tert-OH is 1. The van der Waals surface area contributed by atoms with Crippen LogP contribution in [0.15, 0.2) is 17.0 Å². The van der Waals surface area contributed by atoms with Crippen LogP contribution in [0, 0.1) is 11.2 Å². The minimum absolute atomic E-state index is 0.0433. The van der Waals surface area contributed by atoms with Gasteiger partial charge in [0.2, 0.25) is 10.0 Å². The SMILES string of the molecule is CCC(C)(C)CNS(=O)(=O)c1cc(F)c(Cl)c(CO)c1. The summed E-state index contributed by atoms with van der Waals surface area (Å²) in [6, 6.07) is 2.02. The fourth-order valence-corrected chi connectivity index (χ4v) is 2.86. The number of aliphatic hydroxyl groups is 1. The van der Waals surface area contributed by atoms with Crippen molar-refractivity contribution in [1.29, 1.82) is 0 Å². The van der Waals surface area contributed by atoms with Gasteiger partial charge < -0.3 is 5.11 Å². The fraction of sp³-hybridized carbons (Fsp3) is 0.538. The van der Waals surface area contributed by atoms with Crippen LogP contribution in [0.3, 0.4) is 0 Å². The van der Waals surface area contributed by atoms with Gasteiger partial charge in [-0.25, -0.2) is 17.5 Å². The van der Waals surface area contributed by atoms with Crippen molar-refractivity contribution in [3.05, 3.63) is 28.5 Å². The highest BCUT2D eigenvalue weighted by Gasteiger charge is 2.22. The molecule has 1 aromatic carbocycles. The predicted molar refractivity (Wildman–Crippen MR) is 76.6 cm³/mol. The Morgan fingerprint density at radius 3 is 2.50 bits per heavy atom. The molecule has 0 heterocycles. The van der Waals surface area contributed by atoms with E-state index in [1.165, 1.54) is 6.07 Å². The lowest BCUT2D eigenvalue weighted by Gasteiger charge is -2.22. The van der Waals surface area contributed by atoms with Crippen LogP contribution in [0.25, 0.3) is 0 Å². The Bertz CT molecular complexity index is 588. The topological polar surface area (TPSA) is 66.4 Å². The van der Waals surface area contributed by atoms with E-state index < -0.39 is 22.4 Å². The molecule has 0 aromatic heterocycles. The van der Waals surface area contributed by atoms with Crippen molar-refractivity contribution in [3.8, 4) is 0 Å². The highest BCUT2D eigenvalue weighted by atomic mass is 35.5. The zero-order chi connectivity index (χ0) is 15.6. The van der Waals surface area contributed by atoms with Gasteiger partial charge in [0.25, 0.3) is 0 Å². The second-order valence-electron chi connectivity index (χ2n) is 5.38. The summed E-state index contributed by atoms with van der Waals surface area (Å²) in [6.45, 7) is 5.53. The molecule has 2 N–H and O–H groups in total. The van der Waals surface area contributed by atoms with E-state index in [1.807, 2.05) is 20.8 Å². The van der Waals surface area contributed by atoms with Crippen LogP contribution < -0.4 is 4.72 Å². The van der Waals surface area contributed by atoms with Gasteiger partial charge in [0.05, 0.1) is 16.5 Å². The summed E-state index contributed by atoms with van der Waals surface area (Å²) in [5, 5.41) is 8.80. The van der Waals surface area contributed by atoms with Crippen molar-refractivity contribution < 1.29 is 17.9 Å². The number of sulfonamides is 1. The van der Waals surface area contributed by atoms with Crippen molar-refractivity contribution >= 4 is 21.6 Å². The summed E-state index contributed by atoms with van der Waals surface area (Å²) in [5.41, 5.74) is -0.153.